The maximum Gasteiger partial charge on any atom is 0.138 e. The van der Waals surface area contributed by atoms with E-state index >= 15 is 0 Å². The van der Waals surface area contributed by atoms with Crippen LogP contribution in [-0.2, 0) is 0 Å². The Bertz CT molecular complexity index is 263. The van der Waals surface area contributed by atoms with E-state index in [1.807, 2.05) is 0 Å². The predicted octanol–water partition coefficient (Wildman–Crippen LogP) is 1.89. The van der Waals surface area contributed by atoms with Gasteiger partial charge in [-0.25, -0.2) is 0 Å². The molecule has 0 radical (unpaired) electrons. The number of methoxy groups -OCH3 is 2. The van der Waals surface area contributed by atoms with Gasteiger partial charge in [-0.1, -0.05) is 0 Å². The third-order valence-corrected chi connectivity index (χ3v) is 2.53. The summed E-state index contributed by atoms with van der Waals surface area (Å²) >= 11 is 2.15. The molecule has 1 aromatic carbocycles. The molecule has 4 heteroatoms. The topological polar surface area (TPSA) is 44.5 Å². The van der Waals surface area contributed by atoms with E-state index in [-0.39, 0.29) is 0 Å². The van der Waals surface area contributed by atoms with Gasteiger partial charge in [0.2, 0.25) is 0 Å². The zero-order valence-corrected chi connectivity index (χ0v) is 9.08. The summed E-state index contributed by atoms with van der Waals surface area (Å²) in [5.41, 5.74) is 6.26. The molecular formula is C8H10INO2. The molecule has 0 aromatic heterocycles. The molecule has 0 saturated carbocycles. The normalized spacial score (nSPS) is 9.58. The van der Waals surface area contributed by atoms with Crippen LogP contribution in [-0.4, -0.2) is 14.2 Å². The molecule has 2 N–H and O–H groups in total. The lowest BCUT2D eigenvalue weighted by atomic mass is 10.3. The Morgan fingerprint density at radius 1 is 1.17 bits per heavy atom. The molecule has 0 aliphatic rings. The Hall–Kier alpha value is -0.650. The maximum absolute atomic E-state index is 5.62. The van der Waals surface area contributed by atoms with Crippen molar-refractivity contribution in [3.05, 3.63) is 15.7 Å². The van der Waals surface area contributed by atoms with E-state index in [2.05, 4.69) is 22.6 Å². The number of ether oxygens (including phenoxy) is 2. The fourth-order valence-electron chi connectivity index (χ4n) is 0.890. The minimum absolute atomic E-state index is 0.643. The number of halogens is 1. The third kappa shape index (κ3) is 1.74. The largest absolute Gasteiger partial charge is 0.495 e. The number of anilines is 1. The molecule has 0 spiro atoms. The van der Waals surface area contributed by atoms with E-state index in [1.54, 1.807) is 26.4 Å². The predicted molar refractivity (Wildman–Crippen MR) is 56.7 cm³/mol. The summed E-state index contributed by atoms with van der Waals surface area (Å²) < 4.78 is 11.1. The van der Waals surface area contributed by atoms with Gasteiger partial charge in [-0.2, -0.15) is 0 Å². The molecule has 0 aliphatic heterocycles. The molecule has 1 aromatic rings. The van der Waals surface area contributed by atoms with Crippen LogP contribution >= 0.6 is 22.6 Å². The van der Waals surface area contributed by atoms with Gasteiger partial charge in [0.25, 0.3) is 0 Å². The summed E-state index contributed by atoms with van der Waals surface area (Å²) in [6, 6.07) is 3.54. The SMILES string of the molecule is COc1cc(N)cc(OC)c1I. The maximum atomic E-state index is 5.62. The summed E-state index contributed by atoms with van der Waals surface area (Å²) in [6.45, 7) is 0. The van der Waals surface area contributed by atoms with Gasteiger partial charge in [-0.3, -0.25) is 0 Å². The molecule has 0 bridgehead atoms. The summed E-state index contributed by atoms with van der Waals surface area (Å²) in [4.78, 5) is 0. The van der Waals surface area contributed by atoms with Crippen molar-refractivity contribution in [2.75, 3.05) is 20.0 Å². The highest BCUT2D eigenvalue weighted by Crippen LogP contribution is 2.32. The summed E-state index contributed by atoms with van der Waals surface area (Å²) in [6.07, 6.45) is 0. The first-order valence-corrected chi connectivity index (χ1v) is 4.44. The molecule has 12 heavy (non-hydrogen) atoms. The van der Waals surface area contributed by atoms with Crippen LogP contribution in [0.3, 0.4) is 0 Å². The number of nitrogens with two attached hydrogens (primary N) is 1. The van der Waals surface area contributed by atoms with Gasteiger partial charge in [0.1, 0.15) is 11.5 Å². The van der Waals surface area contributed by atoms with Crippen molar-refractivity contribution in [3.8, 4) is 11.5 Å². The molecule has 1 rings (SSSR count). The zero-order valence-electron chi connectivity index (χ0n) is 6.93. The fourth-order valence-corrected chi connectivity index (χ4v) is 1.64. The van der Waals surface area contributed by atoms with E-state index in [4.69, 9.17) is 15.2 Å². The van der Waals surface area contributed by atoms with E-state index in [0.717, 1.165) is 15.1 Å². The molecule has 66 valence electrons. The van der Waals surface area contributed by atoms with Gasteiger partial charge >= 0.3 is 0 Å². The lowest BCUT2D eigenvalue weighted by Gasteiger charge is -2.08. The van der Waals surface area contributed by atoms with E-state index in [0.29, 0.717) is 5.69 Å². The average Bonchev–Trinajstić information content (AvgIpc) is 2.08. The number of hydrogen-bond donors (Lipinski definition) is 1. The van der Waals surface area contributed by atoms with Crippen LogP contribution < -0.4 is 15.2 Å². The Morgan fingerprint density at radius 3 is 1.92 bits per heavy atom. The molecule has 0 amide bonds. The van der Waals surface area contributed by atoms with Crippen LogP contribution in [0.5, 0.6) is 11.5 Å². The molecule has 3 nitrogen and oxygen atoms in total. The lowest BCUT2D eigenvalue weighted by Crippen LogP contribution is -1.95. The summed E-state index contributed by atoms with van der Waals surface area (Å²) in [5, 5.41) is 0. The van der Waals surface area contributed by atoms with Crippen LogP contribution in [0, 0.1) is 3.57 Å². The van der Waals surface area contributed by atoms with Gasteiger partial charge in [0.15, 0.2) is 0 Å². The monoisotopic (exact) mass is 279 g/mol. The van der Waals surface area contributed by atoms with Gasteiger partial charge in [0, 0.05) is 17.8 Å². The molecule has 0 unspecified atom stereocenters. The second-order valence-corrected chi connectivity index (χ2v) is 3.32. The first-order valence-electron chi connectivity index (χ1n) is 3.36. The Balaban J connectivity index is 3.22. The van der Waals surface area contributed by atoms with Crippen LogP contribution in [0.15, 0.2) is 12.1 Å². The van der Waals surface area contributed by atoms with E-state index < -0.39 is 0 Å². The molecule has 0 atom stereocenters. The smallest absolute Gasteiger partial charge is 0.138 e. The van der Waals surface area contributed by atoms with E-state index in [1.165, 1.54) is 0 Å². The number of rotatable bonds is 2. The quantitative estimate of drug-likeness (QED) is 0.664. The molecule has 0 aliphatic carbocycles. The number of nitrogen functional groups attached to an aromatic ring is 1. The second-order valence-electron chi connectivity index (χ2n) is 2.24. The lowest BCUT2D eigenvalue weighted by molar-refractivity contribution is 0.389. The highest BCUT2D eigenvalue weighted by molar-refractivity contribution is 14.1. The van der Waals surface area contributed by atoms with Crippen LogP contribution in [0.25, 0.3) is 0 Å². The third-order valence-electron chi connectivity index (χ3n) is 1.47. The van der Waals surface area contributed by atoms with Crippen LogP contribution in [0.4, 0.5) is 5.69 Å². The highest BCUT2D eigenvalue weighted by Gasteiger charge is 2.07. The van der Waals surface area contributed by atoms with Gasteiger partial charge in [0.05, 0.1) is 17.8 Å². The van der Waals surface area contributed by atoms with Crippen molar-refractivity contribution in [1.29, 1.82) is 0 Å². The molecule has 0 saturated heterocycles. The highest BCUT2D eigenvalue weighted by atomic mass is 127. The van der Waals surface area contributed by atoms with Crippen LogP contribution in [0.2, 0.25) is 0 Å². The zero-order chi connectivity index (χ0) is 9.14. The summed E-state index contributed by atoms with van der Waals surface area (Å²) in [5.74, 6) is 1.49. The van der Waals surface area contributed by atoms with Gasteiger partial charge in [-0.05, 0) is 22.6 Å². The van der Waals surface area contributed by atoms with Crippen LogP contribution in [0.1, 0.15) is 0 Å². The average molecular weight is 279 g/mol. The van der Waals surface area contributed by atoms with Crippen molar-refractivity contribution in [2.24, 2.45) is 0 Å². The first-order chi connectivity index (χ1) is 5.69. The molecule has 0 fully saturated rings. The van der Waals surface area contributed by atoms with Crippen molar-refractivity contribution >= 4 is 28.3 Å². The Labute approximate surface area is 85.0 Å². The minimum atomic E-state index is 0.643. The number of benzene rings is 1. The molecule has 0 heterocycles. The van der Waals surface area contributed by atoms with Crippen molar-refractivity contribution in [2.45, 2.75) is 0 Å². The first kappa shape index (κ1) is 9.44. The van der Waals surface area contributed by atoms with Gasteiger partial charge < -0.3 is 15.2 Å². The van der Waals surface area contributed by atoms with Gasteiger partial charge in [-0.15, -0.1) is 0 Å². The van der Waals surface area contributed by atoms with Crippen molar-refractivity contribution < 1.29 is 9.47 Å². The van der Waals surface area contributed by atoms with Crippen molar-refractivity contribution in [3.63, 3.8) is 0 Å². The minimum Gasteiger partial charge on any atom is -0.495 e. The summed E-state index contributed by atoms with van der Waals surface area (Å²) in [7, 11) is 3.22. The van der Waals surface area contributed by atoms with Crippen molar-refractivity contribution in [1.82, 2.24) is 0 Å². The Morgan fingerprint density at radius 2 is 1.58 bits per heavy atom. The Kier molecular flexibility index (Phi) is 3.02. The molecular weight excluding hydrogens is 269 g/mol. The second kappa shape index (κ2) is 3.84. The fraction of sp³-hybridized carbons (Fsp3) is 0.250. The van der Waals surface area contributed by atoms with E-state index in [9.17, 15) is 0 Å². The number of hydrogen-bond acceptors (Lipinski definition) is 3. The standard InChI is InChI=1S/C8H10INO2/c1-11-6-3-5(10)4-7(12-2)8(6)9/h3-4H,10H2,1-2H3.